The van der Waals surface area contributed by atoms with Gasteiger partial charge in [0.2, 0.25) is 5.91 Å². The highest BCUT2D eigenvalue weighted by Gasteiger charge is 2.30. The maximum absolute atomic E-state index is 12.9. The van der Waals surface area contributed by atoms with E-state index < -0.39 is 0 Å². The van der Waals surface area contributed by atoms with Crippen molar-refractivity contribution in [3.8, 4) is 5.75 Å². The second-order valence-corrected chi connectivity index (χ2v) is 8.10. The molecule has 7 heteroatoms. The van der Waals surface area contributed by atoms with Crippen LogP contribution in [0.25, 0.3) is 0 Å². The highest BCUT2D eigenvalue weighted by molar-refractivity contribution is 6.30. The lowest BCUT2D eigenvalue weighted by molar-refractivity contribution is -0.138. The van der Waals surface area contributed by atoms with Crippen LogP contribution in [0.4, 0.5) is 0 Å². The molecule has 0 N–H and O–H groups in total. The standard InChI is InChI=1S/C21H27ClN4O2/c1-16-14-18(22)2-3-20(16)28-13-12-24-8-10-25(11-9-24)21(27)17-5-7-26-19(15-17)4-6-23-26/h2-4,6,14,17H,5,7-13,15H2,1H3. The van der Waals surface area contributed by atoms with Gasteiger partial charge in [-0.1, -0.05) is 11.6 Å². The van der Waals surface area contributed by atoms with E-state index in [4.69, 9.17) is 16.3 Å². The molecule has 6 nitrogen and oxygen atoms in total. The fourth-order valence-corrected chi connectivity index (χ4v) is 4.31. The molecule has 1 fully saturated rings. The van der Waals surface area contributed by atoms with Crippen molar-refractivity contribution >= 4 is 17.5 Å². The fraction of sp³-hybridized carbons (Fsp3) is 0.524. The van der Waals surface area contributed by atoms with Crippen molar-refractivity contribution in [3.63, 3.8) is 0 Å². The number of fused-ring (bicyclic) bond motifs is 1. The van der Waals surface area contributed by atoms with Crippen molar-refractivity contribution in [1.29, 1.82) is 0 Å². The van der Waals surface area contributed by atoms with Gasteiger partial charge in [-0.05, 0) is 43.2 Å². The monoisotopic (exact) mass is 402 g/mol. The zero-order valence-electron chi connectivity index (χ0n) is 16.3. The van der Waals surface area contributed by atoms with E-state index in [-0.39, 0.29) is 5.92 Å². The Morgan fingerprint density at radius 2 is 2.04 bits per heavy atom. The number of aromatic nitrogens is 2. The fourth-order valence-electron chi connectivity index (χ4n) is 4.09. The van der Waals surface area contributed by atoms with Crippen molar-refractivity contribution < 1.29 is 9.53 Å². The molecule has 150 valence electrons. The Morgan fingerprint density at radius 1 is 1.21 bits per heavy atom. The predicted octanol–water partition coefficient (Wildman–Crippen LogP) is 2.63. The van der Waals surface area contributed by atoms with E-state index in [9.17, 15) is 4.79 Å². The van der Waals surface area contributed by atoms with Crippen LogP contribution in [0.3, 0.4) is 0 Å². The average Bonchev–Trinajstić information content (AvgIpc) is 3.17. The number of amides is 1. The van der Waals surface area contributed by atoms with Crippen LogP contribution in [0.15, 0.2) is 30.5 Å². The minimum absolute atomic E-state index is 0.104. The van der Waals surface area contributed by atoms with Gasteiger partial charge >= 0.3 is 0 Å². The maximum atomic E-state index is 12.9. The van der Waals surface area contributed by atoms with E-state index in [0.29, 0.717) is 12.5 Å². The quantitative estimate of drug-likeness (QED) is 0.771. The van der Waals surface area contributed by atoms with Crippen LogP contribution in [-0.2, 0) is 17.8 Å². The molecule has 2 aliphatic heterocycles. The molecule has 1 unspecified atom stereocenters. The first-order chi connectivity index (χ1) is 13.6. The van der Waals surface area contributed by atoms with E-state index in [2.05, 4.69) is 10.00 Å². The number of piperazine rings is 1. The van der Waals surface area contributed by atoms with Gasteiger partial charge in [-0.3, -0.25) is 14.4 Å². The Morgan fingerprint density at radius 3 is 2.82 bits per heavy atom. The number of nitrogens with zero attached hydrogens (tertiary/aromatic N) is 4. The number of hydrogen-bond donors (Lipinski definition) is 0. The van der Waals surface area contributed by atoms with Gasteiger partial charge in [0.25, 0.3) is 0 Å². The number of carbonyl (C=O) groups is 1. The summed E-state index contributed by atoms with van der Waals surface area (Å²) in [5.41, 5.74) is 2.23. The van der Waals surface area contributed by atoms with Crippen LogP contribution in [-0.4, -0.2) is 64.8 Å². The van der Waals surface area contributed by atoms with E-state index in [1.807, 2.05) is 47.0 Å². The van der Waals surface area contributed by atoms with Gasteiger partial charge in [-0.25, -0.2) is 0 Å². The molecule has 0 bridgehead atoms. The molecule has 4 rings (SSSR count). The molecule has 1 saturated heterocycles. The number of benzene rings is 1. The lowest BCUT2D eigenvalue weighted by Gasteiger charge is -2.37. The Hall–Kier alpha value is -2.05. The average molecular weight is 403 g/mol. The summed E-state index contributed by atoms with van der Waals surface area (Å²) in [4.78, 5) is 17.3. The van der Waals surface area contributed by atoms with Gasteiger partial charge < -0.3 is 9.64 Å². The van der Waals surface area contributed by atoms with Crippen LogP contribution < -0.4 is 4.74 Å². The zero-order chi connectivity index (χ0) is 19.5. The highest BCUT2D eigenvalue weighted by Crippen LogP contribution is 2.23. The smallest absolute Gasteiger partial charge is 0.226 e. The lowest BCUT2D eigenvalue weighted by atomic mass is 9.94. The van der Waals surface area contributed by atoms with Crippen molar-refractivity contribution in [1.82, 2.24) is 19.6 Å². The molecule has 0 aliphatic carbocycles. The van der Waals surface area contributed by atoms with Crippen LogP contribution >= 0.6 is 11.6 Å². The number of ether oxygens (including phenoxy) is 1. The topological polar surface area (TPSA) is 50.6 Å². The molecule has 2 aromatic rings. The van der Waals surface area contributed by atoms with E-state index in [1.165, 1.54) is 5.69 Å². The van der Waals surface area contributed by atoms with Gasteiger partial charge in [0.15, 0.2) is 0 Å². The summed E-state index contributed by atoms with van der Waals surface area (Å²) >= 11 is 5.99. The number of halogens is 1. The predicted molar refractivity (Wildman–Crippen MR) is 109 cm³/mol. The highest BCUT2D eigenvalue weighted by atomic mass is 35.5. The normalized spacial score (nSPS) is 20.1. The Bertz CT molecular complexity index is 830. The zero-order valence-corrected chi connectivity index (χ0v) is 17.1. The van der Waals surface area contributed by atoms with Gasteiger partial charge in [-0.2, -0.15) is 5.10 Å². The minimum atomic E-state index is 0.104. The minimum Gasteiger partial charge on any atom is -0.492 e. The molecule has 1 aromatic carbocycles. The van der Waals surface area contributed by atoms with E-state index in [0.717, 1.165) is 68.4 Å². The third-order valence-electron chi connectivity index (χ3n) is 5.78. The van der Waals surface area contributed by atoms with Crippen molar-refractivity contribution in [2.75, 3.05) is 39.3 Å². The van der Waals surface area contributed by atoms with Gasteiger partial charge in [-0.15, -0.1) is 0 Å². The summed E-state index contributed by atoms with van der Waals surface area (Å²) in [6.07, 6.45) is 3.53. The molecule has 1 amide bonds. The largest absolute Gasteiger partial charge is 0.492 e. The Balaban J connectivity index is 1.21. The lowest BCUT2D eigenvalue weighted by Crippen LogP contribution is -2.51. The molecule has 0 radical (unpaired) electrons. The van der Waals surface area contributed by atoms with Crippen molar-refractivity contribution in [2.45, 2.75) is 26.3 Å². The summed E-state index contributed by atoms with van der Waals surface area (Å²) in [5, 5.41) is 5.03. The number of hydrogen-bond acceptors (Lipinski definition) is 4. The summed E-state index contributed by atoms with van der Waals surface area (Å²) in [6, 6.07) is 7.72. The summed E-state index contributed by atoms with van der Waals surface area (Å²) in [5.74, 6) is 1.29. The molecule has 1 atom stereocenters. The second-order valence-electron chi connectivity index (χ2n) is 7.66. The number of rotatable bonds is 5. The maximum Gasteiger partial charge on any atom is 0.226 e. The van der Waals surface area contributed by atoms with E-state index in [1.54, 1.807) is 0 Å². The van der Waals surface area contributed by atoms with Crippen LogP contribution in [0, 0.1) is 12.8 Å². The second kappa shape index (κ2) is 8.53. The summed E-state index contributed by atoms with van der Waals surface area (Å²) < 4.78 is 7.92. The molecule has 0 spiro atoms. The third-order valence-corrected chi connectivity index (χ3v) is 6.02. The Labute approximate surface area is 171 Å². The molecule has 28 heavy (non-hydrogen) atoms. The molecule has 3 heterocycles. The van der Waals surface area contributed by atoms with Gasteiger partial charge in [0.05, 0.1) is 0 Å². The van der Waals surface area contributed by atoms with Crippen molar-refractivity contribution in [2.24, 2.45) is 5.92 Å². The molecular weight excluding hydrogens is 376 g/mol. The van der Waals surface area contributed by atoms with Crippen molar-refractivity contribution in [3.05, 3.63) is 46.7 Å². The first kappa shape index (κ1) is 19.3. The van der Waals surface area contributed by atoms with Crippen LogP contribution in [0.2, 0.25) is 5.02 Å². The Kier molecular flexibility index (Phi) is 5.87. The summed E-state index contributed by atoms with van der Waals surface area (Å²) in [6.45, 7) is 7.77. The van der Waals surface area contributed by atoms with Gasteiger partial charge in [0.1, 0.15) is 12.4 Å². The van der Waals surface area contributed by atoms with Crippen LogP contribution in [0.5, 0.6) is 5.75 Å². The SMILES string of the molecule is Cc1cc(Cl)ccc1OCCN1CCN(C(=O)C2CCn3nccc3C2)CC1. The first-order valence-electron chi connectivity index (χ1n) is 10.0. The molecule has 1 aromatic heterocycles. The van der Waals surface area contributed by atoms with Gasteiger partial charge in [0, 0.05) is 68.5 Å². The number of carbonyl (C=O) groups excluding carboxylic acids is 1. The number of aryl methyl sites for hydroxylation is 2. The van der Waals surface area contributed by atoms with E-state index >= 15 is 0 Å². The summed E-state index contributed by atoms with van der Waals surface area (Å²) in [7, 11) is 0. The molecular formula is C21H27ClN4O2. The third kappa shape index (κ3) is 4.33. The molecule has 0 saturated carbocycles. The van der Waals surface area contributed by atoms with Crippen LogP contribution in [0.1, 0.15) is 17.7 Å². The first-order valence-corrected chi connectivity index (χ1v) is 10.4. The molecule has 2 aliphatic rings.